The molecule has 0 aliphatic carbocycles. The number of thioether (sulfide) groups is 1. The van der Waals surface area contributed by atoms with E-state index in [1.807, 2.05) is 73.0 Å². The number of rotatable bonds is 6. The standard InChI is InChI=1S/C24H22N4O2S/c1-16-8-12-19(13-9-16)25-23(30)17(2)31-24-27-26-22(18-10-14-21(29)15-11-18)28(24)20-6-4-3-5-7-20/h3-15,17,29H,1-2H3,(H,25,30)/t17-/m1/s1. The van der Waals surface area contributed by atoms with Crippen molar-refractivity contribution < 1.29 is 9.90 Å². The zero-order chi connectivity index (χ0) is 21.8. The minimum atomic E-state index is -0.388. The molecule has 2 N–H and O–H groups in total. The first-order valence-corrected chi connectivity index (χ1v) is 10.7. The van der Waals surface area contributed by atoms with Crippen LogP contribution in [0.1, 0.15) is 12.5 Å². The van der Waals surface area contributed by atoms with E-state index in [4.69, 9.17) is 0 Å². The van der Waals surface area contributed by atoms with Gasteiger partial charge >= 0.3 is 0 Å². The number of nitrogens with zero attached hydrogens (tertiary/aromatic N) is 3. The van der Waals surface area contributed by atoms with Crippen molar-refractivity contribution in [2.75, 3.05) is 5.32 Å². The van der Waals surface area contributed by atoms with Crippen LogP contribution in [0.3, 0.4) is 0 Å². The summed E-state index contributed by atoms with van der Waals surface area (Å²) in [6, 6.07) is 24.3. The Morgan fingerprint density at radius 3 is 2.32 bits per heavy atom. The second-order valence-electron chi connectivity index (χ2n) is 7.14. The van der Waals surface area contributed by atoms with E-state index in [2.05, 4.69) is 15.5 Å². The lowest BCUT2D eigenvalue weighted by atomic mass is 10.2. The Labute approximate surface area is 185 Å². The average molecular weight is 431 g/mol. The molecule has 1 atom stereocenters. The summed E-state index contributed by atoms with van der Waals surface area (Å²) in [5, 5.41) is 21.5. The number of amides is 1. The van der Waals surface area contributed by atoms with Gasteiger partial charge in [0.2, 0.25) is 5.91 Å². The number of carbonyl (C=O) groups excluding carboxylic acids is 1. The molecule has 1 amide bonds. The molecule has 156 valence electrons. The number of hydrogen-bond donors (Lipinski definition) is 2. The molecule has 0 spiro atoms. The van der Waals surface area contributed by atoms with Crippen LogP contribution in [-0.4, -0.2) is 31.0 Å². The van der Waals surface area contributed by atoms with E-state index in [9.17, 15) is 9.90 Å². The molecule has 4 rings (SSSR count). The van der Waals surface area contributed by atoms with Crippen LogP contribution in [0.25, 0.3) is 17.1 Å². The second-order valence-corrected chi connectivity index (χ2v) is 8.45. The van der Waals surface area contributed by atoms with Crippen LogP contribution in [0, 0.1) is 6.92 Å². The smallest absolute Gasteiger partial charge is 0.237 e. The molecule has 0 saturated heterocycles. The van der Waals surface area contributed by atoms with Gasteiger partial charge in [0.1, 0.15) is 5.75 Å². The zero-order valence-corrected chi connectivity index (χ0v) is 18.0. The largest absolute Gasteiger partial charge is 0.508 e. The highest BCUT2D eigenvalue weighted by atomic mass is 32.2. The Morgan fingerprint density at radius 2 is 1.65 bits per heavy atom. The maximum Gasteiger partial charge on any atom is 0.237 e. The molecule has 0 fully saturated rings. The Morgan fingerprint density at radius 1 is 0.968 bits per heavy atom. The molecule has 4 aromatic rings. The summed E-state index contributed by atoms with van der Waals surface area (Å²) < 4.78 is 1.92. The number of aromatic nitrogens is 3. The van der Waals surface area contributed by atoms with E-state index in [1.54, 1.807) is 24.3 Å². The predicted molar refractivity (Wildman–Crippen MR) is 124 cm³/mol. The molecular formula is C24H22N4O2S. The Bertz CT molecular complexity index is 1170. The van der Waals surface area contributed by atoms with Gasteiger partial charge in [0.25, 0.3) is 0 Å². The number of carbonyl (C=O) groups is 1. The van der Waals surface area contributed by atoms with Crippen LogP contribution in [0.5, 0.6) is 5.75 Å². The van der Waals surface area contributed by atoms with E-state index in [1.165, 1.54) is 11.8 Å². The number of nitrogens with one attached hydrogen (secondary N) is 1. The summed E-state index contributed by atoms with van der Waals surface area (Å²) in [7, 11) is 0. The van der Waals surface area contributed by atoms with Crippen LogP contribution >= 0.6 is 11.8 Å². The van der Waals surface area contributed by atoms with Crippen molar-refractivity contribution in [3.63, 3.8) is 0 Å². The van der Waals surface area contributed by atoms with Gasteiger partial charge in [-0.2, -0.15) is 0 Å². The lowest BCUT2D eigenvalue weighted by Crippen LogP contribution is -2.22. The zero-order valence-electron chi connectivity index (χ0n) is 17.2. The fourth-order valence-electron chi connectivity index (χ4n) is 3.05. The number of benzene rings is 3. The highest BCUT2D eigenvalue weighted by molar-refractivity contribution is 8.00. The van der Waals surface area contributed by atoms with Crippen molar-refractivity contribution in [2.24, 2.45) is 0 Å². The van der Waals surface area contributed by atoms with Gasteiger partial charge in [0.05, 0.1) is 5.25 Å². The average Bonchev–Trinajstić information content (AvgIpc) is 3.19. The third kappa shape index (κ3) is 4.78. The molecule has 31 heavy (non-hydrogen) atoms. The van der Waals surface area contributed by atoms with Gasteiger partial charge < -0.3 is 10.4 Å². The Hall–Kier alpha value is -3.58. The molecule has 0 aliphatic heterocycles. The van der Waals surface area contributed by atoms with Crippen LogP contribution < -0.4 is 5.32 Å². The predicted octanol–water partition coefficient (Wildman–Crippen LogP) is 5.07. The fourth-order valence-corrected chi connectivity index (χ4v) is 3.91. The van der Waals surface area contributed by atoms with Crippen molar-refractivity contribution in [2.45, 2.75) is 24.3 Å². The lowest BCUT2D eigenvalue weighted by Gasteiger charge is -2.14. The molecule has 1 aromatic heterocycles. The minimum Gasteiger partial charge on any atom is -0.508 e. The molecule has 0 saturated carbocycles. The van der Waals surface area contributed by atoms with Gasteiger partial charge in [-0.3, -0.25) is 9.36 Å². The topological polar surface area (TPSA) is 80.0 Å². The van der Waals surface area contributed by atoms with Crippen molar-refractivity contribution in [3.8, 4) is 22.8 Å². The molecule has 0 bridgehead atoms. The maximum absolute atomic E-state index is 12.7. The Balaban J connectivity index is 1.62. The van der Waals surface area contributed by atoms with Crippen LogP contribution in [0.2, 0.25) is 0 Å². The summed E-state index contributed by atoms with van der Waals surface area (Å²) in [6.07, 6.45) is 0. The fraction of sp³-hybridized carbons (Fsp3) is 0.125. The molecular weight excluding hydrogens is 408 g/mol. The van der Waals surface area contributed by atoms with E-state index in [-0.39, 0.29) is 16.9 Å². The summed E-state index contributed by atoms with van der Waals surface area (Å²) in [4.78, 5) is 12.7. The van der Waals surface area contributed by atoms with Gasteiger partial charge in [0, 0.05) is 16.9 Å². The van der Waals surface area contributed by atoms with Crippen LogP contribution in [-0.2, 0) is 4.79 Å². The summed E-state index contributed by atoms with van der Waals surface area (Å²) in [5.74, 6) is 0.716. The van der Waals surface area contributed by atoms with Crippen molar-refractivity contribution in [3.05, 3.63) is 84.4 Å². The number of hydrogen-bond acceptors (Lipinski definition) is 5. The first kappa shape index (κ1) is 20.7. The highest BCUT2D eigenvalue weighted by Gasteiger charge is 2.22. The van der Waals surface area contributed by atoms with Gasteiger partial charge in [0.15, 0.2) is 11.0 Å². The summed E-state index contributed by atoms with van der Waals surface area (Å²) in [5.41, 5.74) is 3.61. The van der Waals surface area contributed by atoms with E-state index < -0.39 is 0 Å². The number of para-hydroxylation sites is 1. The molecule has 1 heterocycles. The number of aromatic hydroxyl groups is 1. The van der Waals surface area contributed by atoms with E-state index >= 15 is 0 Å². The normalized spacial score (nSPS) is 11.8. The minimum absolute atomic E-state index is 0.109. The van der Waals surface area contributed by atoms with Gasteiger partial charge in [-0.15, -0.1) is 10.2 Å². The number of phenols is 1. The van der Waals surface area contributed by atoms with Gasteiger partial charge in [-0.05, 0) is 62.4 Å². The number of anilines is 1. The Kier molecular flexibility index (Phi) is 6.04. The number of aryl methyl sites for hydroxylation is 1. The molecule has 0 aliphatic rings. The maximum atomic E-state index is 12.7. The number of phenolic OH excluding ortho intramolecular Hbond substituents is 1. The molecule has 0 radical (unpaired) electrons. The molecule has 7 heteroatoms. The SMILES string of the molecule is Cc1ccc(NC(=O)[C@@H](C)Sc2nnc(-c3ccc(O)cc3)n2-c2ccccc2)cc1. The van der Waals surface area contributed by atoms with Crippen molar-refractivity contribution in [1.29, 1.82) is 0 Å². The first-order valence-electron chi connectivity index (χ1n) is 9.86. The van der Waals surface area contributed by atoms with Crippen LogP contribution in [0.15, 0.2) is 84.0 Å². The third-order valence-corrected chi connectivity index (χ3v) is 5.79. The van der Waals surface area contributed by atoms with Gasteiger partial charge in [-0.1, -0.05) is 47.7 Å². The van der Waals surface area contributed by atoms with E-state index in [0.717, 1.165) is 22.5 Å². The monoisotopic (exact) mass is 430 g/mol. The lowest BCUT2D eigenvalue weighted by molar-refractivity contribution is -0.115. The highest BCUT2D eigenvalue weighted by Crippen LogP contribution is 2.31. The van der Waals surface area contributed by atoms with Crippen molar-refractivity contribution in [1.82, 2.24) is 14.8 Å². The van der Waals surface area contributed by atoms with E-state index in [0.29, 0.717) is 11.0 Å². The molecule has 0 unspecified atom stereocenters. The molecule has 6 nitrogen and oxygen atoms in total. The molecule has 3 aromatic carbocycles. The third-order valence-electron chi connectivity index (χ3n) is 4.74. The summed E-state index contributed by atoms with van der Waals surface area (Å²) in [6.45, 7) is 3.85. The van der Waals surface area contributed by atoms with Crippen molar-refractivity contribution >= 4 is 23.4 Å². The summed E-state index contributed by atoms with van der Waals surface area (Å²) >= 11 is 1.34. The quantitative estimate of drug-likeness (QED) is 0.418. The van der Waals surface area contributed by atoms with Crippen LogP contribution in [0.4, 0.5) is 5.69 Å². The second kappa shape index (κ2) is 9.06. The van der Waals surface area contributed by atoms with Gasteiger partial charge in [-0.25, -0.2) is 0 Å². The first-order chi connectivity index (χ1) is 15.0.